The van der Waals surface area contributed by atoms with E-state index in [2.05, 4.69) is 5.32 Å². The molecule has 34 heavy (non-hydrogen) atoms. The molecule has 3 amide bonds. The number of amides is 3. The second-order valence-electron chi connectivity index (χ2n) is 9.75. The van der Waals surface area contributed by atoms with E-state index in [4.69, 9.17) is 0 Å². The Bertz CT molecular complexity index is 609. The van der Waals surface area contributed by atoms with E-state index in [9.17, 15) is 19.2 Å². The lowest BCUT2D eigenvalue weighted by Crippen LogP contribution is -2.37. The largest absolute Gasteiger partial charge is 0.356 e. The predicted molar refractivity (Wildman–Crippen MR) is 136 cm³/mol. The van der Waals surface area contributed by atoms with Gasteiger partial charge in [-0.3, -0.25) is 19.2 Å². The third-order valence-electron chi connectivity index (χ3n) is 6.61. The summed E-state index contributed by atoms with van der Waals surface area (Å²) in [5.41, 5.74) is 0. The molecule has 1 aliphatic heterocycles. The summed E-state index contributed by atoms with van der Waals surface area (Å²) in [6.45, 7) is 6.56. The second kappa shape index (κ2) is 19.4. The van der Waals surface area contributed by atoms with E-state index >= 15 is 0 Å². The molecule has 7 nitrogen and oxygen atoms in total. The highest BCUT2D eigenvalue weighted by Crippen LogP contribution is 2.13. The fourth-order valence-electron chi connectivity index (χ4n) is 4.50. The van der Waals surface area contributed by atoms with Crippen LogP contribution in [-0.2, 0) is 19.2 Å². The van der Waals surface area contributed by atoms with Crippen molar-refractivity contribution in [3.63, 3.8) is 0 Å². The quantitative estimate of drug-likeness (QED) is 0.583. The lowest BCUT2D eigenvalue weighted by molar-refractivity contribution is -0.131. The highest BCUT2D eigenvalue weighted by atomic mass is 16.2. The lowest BCUT2D eigenvalue weighted by Gasteiger charge is -2.26. The topological polar surface area (TPSA) is 86.8 Å². The summed E-state index contributed by atoms with van der Waals surface area (Å²) in [6.07, 6.45) is 14.7. The zero-order valence-electron chi connectivity index (χ0n) is 21.9. The standard InChI is InChI=1S/C27H49N3O4/c1-24(31)28-19-12-14-21-30-23-15-22-29(25(2)32)20-13-8-7-10-17-26(33)16-9-5-3-4-6-11-18-27(30)34/h3-23H2,1-2H3,(H,28,31). The number of unbranched alkanes of at least 4 members (excludes halogenated alkanes) is 1. The first-order valence-electron chi connectivity index (χ1n) is 13.7. The average molecular weight is 480 g/mol. The van der Waals surface area contributed by atoms with Crippen molar-refractivity contribution < 1.29 is 19.2 Å². The van der Waals surface area contributed by atoms with Crippen molar-refractivity contribution in [1.29, 1.82) is 0 Å². The smallest absolute Gasteiger partial charge is 0.222 e. The summed E-state index contributed by atoms with van der Waals surface area (Å²) in [6, 6.07) is 0. The minimum absolute atomic E-state index is 0.0227. The van der Waals surface area contributed by atoms with Gasteiger partial charge in [-0.2, -0.15) is 0 Å². The summed E-state index contributed by atoms with van der Waals surface area (Å²) in [5, 5.41) is 2.81. The Morgan fingerprint density at radius 3 is 1.88 bits per heavy atom. The van der Waals surface area contributed by atoms with Crippen LogP contribution in [-0.4, -0.2) is 66.0 Å². The Labute approximate surface area is 207 Å². The fourth-order valence-corrected chi connectivity index (χ4v) is 4.50. The van der Waals surface area contributed by atoms with Crippen LogP contribution in [0.15, 0.2) is 0 Å². The third-order valence-corrected chi connectivity index (χ3v) is 6.61. The Morgan fingerprint density at radius 1 is 0.706 bits per heavy atom. The van der Waals surface area contributed by atoms with Crippen LogP contribution in [0, 0.1) is 0 Å². The number of carbonyl (C=O) groups excluding carboxylic acids is 4. The van der Waals surface area contributed by atoms with Gasteiger partial charge in [0.1, 0.15) is 5.78 Å². The maximum atomic E-state index is 12.9. The van der Waals surface area contributed by atoms with Crippen molar-refractivity contribution in [3.8, 4) is 0 Å². The van der Waals surface area contributed by atoms with E-state index in [0.717, 1.165) is 90.0 Å². The number of ketones is 1. The van der Waals surface area contributed by atoms with E-state index in [-0.39, 0.29) is 17.7 Å². The first kappa shape index (κ1) is 30.1. The van der Waals surface area contributed by atoms with Crippen molar-refractivity contribution in [3.05, 3.63) is 0 Å². The predicted octanol–water partition coefficient (Wildman–Crippen LogP) is 4.62. The molecule has 0 radical (unpaired) electrons. The number of hydrogen-bond donors (Lipinski definition) is 1. The molecule has 0 aromatic heterocycles. The minimum atomic E-state index is -0.0227. The normalized spacial score (nSPS) is 19.4. The molecule has 1 heterocycles. The van der Waals surface area contributed by atoms with E-state index < -0.39 is 0 Å². The molecule has 7 heteroatoms. The highest BCUT2D eigenvalue weighted by Gasteiger charge is 2.15. The van der Waals surface area contributed by atoms with Crippen LogP contribution < -0.4 is 5.32 Å². The molecule has 196 valence electrons. The van der Waals surface area contributed by atoms with Crippen molar-refractivity contribution >= 4 is 23.5 Å². The number of Topliss-reactive ketones (excluding diaryl/α,β-unsaturated/α-hetero) is 1. The number of rotatable bonds is 5. The summed E-state index contributed by atoms with van der Waals surface area (Å²) in [7, 11) is 0. The molecular weight excluding hydrogens is 430 g/mol. The van der Waals surface area contributed by atoms with E-state index in [0.29, 0.717) is 51.2 Å². The van der Waals surface area contributed by atoms with Gasteiger partial charge in [-0.15, -0.1) is 0 Å². The summed E-state index contributed by atoms with van der Waals surface area (Å²) < 4.78 is 0. The van der Waals surface area contributed by atoms with Crippen LogP contribution in [0.5, 0.6) is 0 Å². The van der Waals surface area contributed by atoms with Gasteiger partial charge in [-0.05, 0) is 44.9 Å². The molecule has 0 bridgehead atoms. The van der Waals surface area contributed by atoms with Crippen LogP contribution in [0.1, 0.15) is 117 Å². The van der Waals surface area contributed by atoms with E-state index in [1.165, 1.54) is 6.92 Å². The molecular formula is C27H49N3O4. The van der Waals surface area contributed by atoms with Gasteiger partial charge in [-0.1, -0.05) is 38.5 Å². The molecule has 0 unspecified atom stereocenters. The monoisotopic (exact) mass is 479 g/mol. The fraction of sp³-hybridized carbons (Fsp3) is 0.852. The molecule has 0 atom stereocenters. The summed E-state index contributed by atoms with van der Waals surface area (Å²) >= 11 is 0. The number of nitrogens with one attached hydrogen (secondary N) is 1. The van der Waals surface area contributed by atoms with Gasteiger partial charge in [0, 0.05) is 65.8 Å². The van der Waals surface area contributed by atoms with Crippen LogP contribution in [0.2, 0.25) is 0 Å². The van der Waals surface area contributed by atoms with Gasteiger partial charge in [0.15, 0.2) is 0 Å². The minimum Gasteiger partial charge on any atom is -0.356 e. The van der Waals surface area contributed by atoms with Crippen molar-refractivity contribution in [2.45, 2.75) is 117 Å². The molecule has 1 fully saturated rings. The number of nitrogens with zero attached hydrogens (tertiary/aromatic N) is 2. The maximum absolute atomic E-state index is 12.9. The molecule has 0 aliphatic carbocycles. The van der Waals surface area contributed by atoms with Crippen LogP contribution in [0.3, 0.4) is 0 Å². The molecule has 0 saturated carbocycles. The molecule has 1 rings (SSSR count). The Balaban J connectivity index is 2.60. The maximum Gasteiger partial charge on any atom is 0.222 e. The summed E-state index contributed by atoms with van der Waals surface area (Å²) in [5.74, 6) is 0.650. The van der Waals surface area contributed by atoms with E-state index in [1.807, 2.05) is 9.80 Å². The van der Waals surface area contributed by atoms with E-state index in [1.54, 1.807) is 6.92 Å². The second-order valence-corrected chi connectivity index (χ2v) is 9.75. The Kier molecular flexibility index (Phi) is 17.2. The van der Waals surface area contributed by atoms with Gasteiger partial charge in [0.05, 0.1) is 0 Å². The molecule has 0 aromatic carbocycles. The zero-order chi connectivity index (χ0) is 25.0. The van der Waals surface area contributed by atoms with Crippen LogP contribution in [0.4, 0.5) is 0 Å². The third kappa shape index (κ3) is 15.8. The van der Waals surface area contributed by atoms with Gasteiger partial charge in [-0.25, -0.2) is 0 Å². The SMILES string of the molecule is CC(=O)NCCCCN1CCCN(C(C)=O)CCCCCCC(=O)CCCCCCCCC1=O. The molecule has 1 aliphatic rings. The Morgan fingerprint density at radius 2 is 1.26 bits per heavy atom. The molecule has 1 N–H and O–H groups in total. The molecule has 0 aromatic rings. The number of carbonyl (C=O) groups is 4. The van der Waals surface area contributed by atoms with Gasteiger partial charge >= 0.3 is 0 Å². The van der Waals surface area contributed by atoms with Gasteiger partial charge < -0.3 is 15.1 Å². The molecule has 0 spiro atoms. The van der Waals surface area contributed by atoms with Crippen molar-refractivity contribution in [1.82, 2.24) is 15.1 Å². The lowest BCUT2D eigenvalue weighted by atomic mass is 10.0. The van der Waals surface area contributed by atoms with Gasteiger partial charge in [0.25, 0.3) is 0 Å². The molecule has 1 saturated heterocycles. The Hall–Kier alpha value is -1.92. The van der Waals surface area contributed by atoms with Crippen LogP contribution in [0.25, 0.3) is 0 Å². The number of hydrogen-bond acceptors (Lipinski definition) is 4. The van der Waals surface area contributed by atoms with Gasteiger partial charge in [0.2, 0.25) is 17.7 Å². The van der Waals surface area contributed by atoms with Crippen LogP contribution >= 0.6 is 0 Å². The first-order chi connectivity index (χ1) is 16.4. The highest BCUT2D eigenvalue weighted by molar-refractivity contribution is 5.78. The van der Waals surface area contributed by atoms with Crippen molar-refractivity contribution in [2.75, 3.05) is 32.7 Å². The average Bonchev–Trinajstić information content (AvgIpc) is 2.79. The first-order valence-corrected chi connectivity index (χ1v) is 13.7. The summed E-state index contributed by atoms with van der Waals surface area (Å²) in [4.78, 5) is 51.9. The van der Waals surface area contributed by atoms with Crippen molar-refractivity contribution in [2.24, 2.45) is 0 Å². The zero-order valence-corrected chi connectivity index (χ0v) is 21.9.